The predicted molar refractivity (Wildman–Crippen MR) is 77.4 cm³/mol. The summed E-state index contributed by atoms with van der Waals surface area (Å²) in [6, 6.07) is 0. The highest BCUT2D eigenvalue weighted by molar-refractivity contribution is 5.66. The summed E-state index contributed by atoms with van der Waals surface area (Å²) in [5.41, 5.74) is 0. The molecule has 0 aromatic rings. The highest BCUT2D eigenvalue weighted by Gasteiger charge is 2.09. The Morgan fingerprint density at radius 2 is 1.89 bits per heavy atom. The molecule has 0 aliphatic heterocycles. The van der Waals surface area contributed by atoms with E-state index in [1.807, 2.05) is 37.3 Å². The zero-order valence-electron chi connectivity index (χ0n) is 11.9. The standard InChI is InChI=1S/C16H26O2/c1-4-6-8-9-10-12-14-16(18-15(3)17)13-11-7-5-2/h4,6,8-10,12,16H,5,7,11,13-14H2,1-3H3. The van der Waals surface area contributed by atoms with Crippen LogP contribution in [0, 0.1) is 0 Å². The maximum atomic E-state index is 11.0. The molecule has 2 nitrogen and oxygen atoms in total. The van der Waals surface area contributed by atoms with Gasteiger partial charge in [-0.2, -0.15) is 0 Å². The summed E-state index contributed by atoms with van der Waals surface area (Å²) >= 11 is 0. The molecule has 1 unspecified atom stereocenters. The van der Waals surface area contributed by atoms with E-state index in [0.29, 0.717) is 0 Å². The summed E-state index contributed by atoms with van der Waals surface area (Å²) in [6.07, 6.45) is 17.3. The van der Waals surface area contributed by atoms with Crippen molar-refractivity contribution in [3.63, 3.8) is 0 Å². The van der Waals surface area contributed by atoms with Gasteiger partial charge in [-0.15, -0.1) is 0 Å². The topological polar surface area (TPSA) is 26.3 Å². The van der Waals surface area contributed by atoms with Crippen molar-refractivity contribution >= 4 is 5.97 Å². The molecular weight excluding hydrogens is 224 g/mol. The monoisotopic (exact) mass is 250 g/mol. The van der Waals surface area contributed by atoms with Crippen LogP contribution in [0.25, 0.3) is 0 Å². The van der Waals surface area contributed by atoms with E-state index >= 15 is 0 Å². The fourth-order valence-corrected chi connectivity index (χ4v) is 1.63. The number of carbonyl (C=O) groups excluding carboxylic acids is 1. The van der Waals surface area contributed by atoms with Gasteiger partial charge in [0.05, 0.1) is 0 Å². The van der Waals surface area contributed by atoms with Crippen LogP contribution in [-0.4, -0.2) is 12.1 Å². The van der Waals surface area contributed by atoms with Crippen LogP contribution in [0.15, 0.2) is 36.5 Å². The Balaban J connectivity index is 4.02. The van der Waals surface area contributed by atoms with Gasteiger partial charge in [-0.25, -0.2) is 0 Å². The number of esters is 1. The quantitative estimate of drug-likeness (QED) is 0.340. The lowest BCUT2D eigenvalue weighted by atomic mass is 10.1. The first kappa shape index (κ1) is 16.7. The van der Waals surface area contributed by atoms with E-state index < -0.39 is 0 Å². The molecule has 2 heteroatoms. The molecule has 0 amide bonds. The van der Waals surface area contributed by atoms with Gasteiger partial charge in [0.25, 0.3) is 0 Å². The van der Waals surface area contributed by atoms with Crippen molar-refractivity contribution in [3.05, 3.63) is 36.5 Å². The van der Waals surface area contributed by atoms with Gasteiger partial charge in [0, 0.05) is 13.3 Å². The van der Waals surface area contributed by atoms with Gasteiger partial charge in [0.15, 0.2) is 0 Å². The van der Waals surface area contributed by atoms with Gasteiger partial charge in [0.2, 0.25) is 0 Å². The normalized spacial score (nSPS) is 13.7. The summed E-state index contributed by atoms with van der Waals surface area (Å²) in [4.78, 5) is 11.0. The first-order valence-corrected chi connectivity index (χ1v) is 6.82. The average molecular weight is 250 g/mol. The number of unbranched alkanes of at least 4 members (excludes halogenated alkanes) is 2. The van der Waals surface area contributed by atoms with E-state index in [9.17, 15) is 4.79 Å². The number of ether oxygens (including phenoxy) is 1. The number of allylic oxidation sites excluding steroid dienone is 5. The molecule has 1 atom stereocenters. The van der Waals surface area contributed by atoms with E-state index in [-0.39, 0.29) is 12.1 Å². The van der Waals surface area contributed by atoms with Crippen LogP contribution in [0.1, 0.15) is 52.9 Å². The third-order valence-electron chi connectivity index (χ3n) is 2.52. The Labute approximate surface area is 111 Å². The van der Waals surface area contributed by atoms with E-state index in [1.54, 1.807) is 0 Å². The van der Waals surface area contributed by atoms with E-state index in [2.05, 4.69) is 13.0 Å². The molecule has 0 N–H and O–H groups in total. The lowest BCUT2D eigenvalue weighted by molar-refractivity contribution is -0.146. The average Bonchev–Trinajstić information content (AvgIpc) is 2.33. The molecule has 0 bridgehead atoms. The van der Waals surface area contributed by atoms with Crippen LogP contribution >= 0.6 is 0 Å². The molecule has 0 aliphatic carbocycles. The number of carbonyl (C=O) groups is 1. The molecule has 0 saturated carbocycles. The van der Waals surface area contributed by atoms with Crippen molar-refractivity contribution < 1.29 is 9.53 Å². The fourth-order valence-electron chi connectivity index (χ4n) is 1.63. The summed E-state index contributed by atoms with van der Waals surface area (Å²) in [6.45, 7) is 5.63. The minimum Gasteiger partial charge on any atom is -0.462 e. The fraction of sp³-hybridized carbons (Fsp3) is 0.562. The lowest BCUT2D eigenvalue weighted by Gasteiger charge is -2.14. The van der Waals surface area contributed by atoms with Crippen LogP contribution in [0.2, 0.25) is 0 Å². The largest absolute Gasteiger partial charge is 0.462 e. The molecule has 18 heavy (non-hydrogen) atoms. The van der Waals surface area contributed by atoms with Crippen molar-refractivity contribution in [1.29, 1.82) is 0 Å². The molecule has 0 saturated heterocycles. The Morgan fingerprint density at radius 1 is 1.17 bits per heavy atom. The first-order chi connectivity index (χ1) is 8.70. The molecule has 0 rings (SSSR count). The Hall–Kier alpha value is -1.31. The van der Waals surface area contributed by atoms with Gasteiger partial charge in [-0.3, -0.25) is 4.79 Å². The van der Waals surface area contributed by atoms with Crippen LogP contribution in [0.5, 0.6) is 0 Å². The second-order valence-corrected chi connectivity index (χ2v) is 4.30. The smallest absolute Gasteiger partial charge is 0.302 e. The molecular formula is C16H26O2. The third kappa shape index (κ3) is 11.2. The minimum atomic E-state index is -0.186. The summed E-state index contributed by atoms with van der Waals surface area (Å²) in [5, 5.41) is 0. The molecule has 0 radical (unpaired) electrons. The minimum absolute atomic E-state index is 0.0282. The van der Waals surface area contributed by atoms with E-state index in [1.165, 1.54) is 19.8 Å². The number of rotatable bonds is 9. The van der Waals surface area contributed by atoms with E-state index in [4.69, 9.17) is 4.74 Å². The summed E-state index contributed by atoms with van der Waals surface area (Å²) in [5.74, 6) is -0.186. The summed E-state index contributed by atoms with van der Waals surface area (Å²) in [7, 11) is 0. The maximum absolute atomic E-state index is 11.0. The molecule has 0 aromatic heterocycles. The Bertz CT molecular complexity index is 287. The highest BCUT2D eigenvalue weighted by atomic mass is 16.5. The van der Waals surface area contributed by atoms with Crippen molar-refractivity contribution in [1.82, 2.24) is 0 Å². The van der Waals surface area contributed by atoms with Gasteiger partial charge in [-0.05, 0) is 19.8 Å². The van der Waals surface area contributed by atoms with Crippen LogP contribution in [0.3, 0.4) is 0 Å². The molecule has 0 aliphatic rings. The van der Waals surface area contributed by atoms with Crippen molar-refractivity contribution in [3.8, 4) is 0 Å². The number of hydrogen-bond donors (Lipinski definition) is 0. The zero-order chi connectivity index (χ0) is 13.6. The van der Waals surface area contributed by atoms with Crippen LogP contribution in [0.4, 0.5) is 0 Å². The molecule has 0 fully saturated rings. The third-order valence-corrected chi connectivity index (χ3v) is 2.52. The van der Waals surface area contributed by atoms with Crippen LogP contribution in [-0.2, 0) is 9.53 Å². The van der Waals surface area contributed by atoms with Crippen molar-refractivity contribution in [2.24, 2.45) is 0 Å². The number of hydrogen-bond acceptors (Lipinski definition) is 2. The Kier molecular flexibility index (Phi) is 11.3. The first-order valence-electron chi connectivity index (χ1n) is 6.82. The molecule has 0 heterocycles. The zero-order valence-corrected chi connectivity index (χ0v) is 11.9. The second kappa shape index (κ2) is 12.2. The van der Waals surface area contributed by atoms with Crippen molar-refractivity contribution in [2.45, 2.75) is 59.0 Å². The van der Waals surface area contributed by atoms with E-state index in [0.717, 1.165) is 19.3 Å². The second-order valence-electron chi connectivity index (χ2n) is 4.30. The summed E-state index contributed by atoms with van der Waals surface area (Å²) < 4.78 is 5.30. The molecule has 0 aromatic carbocycles. The van der Waals surface area contributed by atoms with Crippen molar-refractivity contribution in [2.75, 3.05) is 0 Å². The molecule has 0 spiro atoms. The Morgan fingerprint density at radius 3 is 2.50 bits per heavy atom. The lowest BCUT2D eigenvalue weighted by Crippen LogP contribution is -2.15. The van der Waals surface area contributed by atoms with Crippen LogP contribution < -0.4 is 0 Å². The van der Waals surface area contributed by atoms with Gasteiger partial charge in [-0.1, -0.05) is 56.2 Å². The predicted octanol–water partition coefficient (Wildman–Crippen LogP) is 4.58. The SMILES string of the molecule is CC=CC=CC=CCC(CCCCC)OC(C)=O. The van der Waals surface area contributed by atoms with Gasteiger partial charge < -0.3 is 4.74 Å². The van der Waals surface area contributed by atoms with Gasteiger partial charge in [0.1, 0.15) is 6.10 Å². The highest BCUT2D eigenvalue weighted by Crippen LogP contribution is 2.11. The molecule has 102 valence electrons. The van der Waals surface area contributed by atoms with Gasteiger partial charge >= 0.3 is 5.97 Å². The maximum Gasteiger partial charge on any atom is 0.302 e.